The van der Waals surface area contributed by atoms with Crippen LogP contribution in [0.5, 0.6) is 0 Å². The van der Waals surface area contributed by atoms with Gasteiger partial charge in [-0.05, 0) is 68.8 Å². The summed E-state index contributed by atoms with van der Waals surface area (Å²) < 4.78 is 2.50. The molecule has 3 nitrogen and oxygen atoms in total. The highest BCUT2D eigenvalue weighted by Gasteiger charge is 2.51. The third kappa shape index (κ3) is 4.22. The summed E-state index contributed by atoms with van der Waals surface area (Å²) in [6.45, 7) is 0. The number of fused-ring (bicyclic) bond motifs is 12. The molecule has 3 heterocycles. The molecular weight excluding hydrogens is 679 g/mol. The molecule has 0 radical (unpaired) electrons. The Hall–Kier alpha value is -7.36. The van der Waals surface area contributed by atoms with Gasteiger partial charge in [0.25, 0.3) is 0 Å². The van der Waals surface area contributed by atoms with Gasteiger partial charge in [-0.25, -0.2) is 9.97 Å². The fraction of sp³-hybridized carbons (Fsp3) is 0.0189. The lowest BCUT2D eigenvalue weighted by atomic mass is 9.65. The molecule has 10 aromatic rings. The molecule has 0 fully saturated rings. The smallest absolute Gasteiger partial charge is 0.160 e. The van der Waals surface area contributed by atoms with Gasteiger partial charge in [-0.2, -0.15) is 0 Å². The molecule has 0 N–H and O–H groups in total. The largest absolute Gasteiger partial charge is 0.309 e. The number of rotatable bonds is 4. The average molecular weight is 712 g/mol. The minimum absolute atomic E-state index is 0.502. The Labute approximate surface area is 324 Å². The summed E-state index contributed by atoms with van der Waals surface area (Å²) in [5.74, 6) is 0.706. The number of nitrogens with zero attached hydrogens (tertiary/aromatic N) is 3. The van der Waals surface area contributed by atoms with E-state index in [1.165, 1.54) is 66.4 Å². The quantitative estimate of drug-likeness (QED) is 0.182. The molecule has 3 heteroatoms. The lowest BCUT2D eigenvalue weighted by Gasteiger charge is -2.39. The molecule has 1 unspecified atom stereocenters. The highest BCUT2D eigenvalue weighted by molar-refractivity contribution is 6.13. The molecule has 56 heavy (non-hydrogen) atoms. The van der Waals surface area contributed by atoms with Gasteiger partial charge in [0, 0.05) is 27.5 Å². The van der Waals surface area contributed by atoms with Crippen molar-refractivity contribution >= 4 is 21.8 Å². The zero-order valence-electron chi connectivity index (χ0n) is 30.4. The van der Waals surface area contributed by atoms with Crippen molar-refractivity contribution < 1.29 is 0 Å². The maximum Gasteiger partial charge on any atom is 0.160 e. The normalized spacial score (nSPS) is 14.9. The Balaban J connectivity index is 1.11. The second kappa shape index (κ2) is 11.8. The molecule has 1 spiro atoms. The van der Waals surface area contributed by atoms with Gasteiger partial charge >= 0.3 is 0 Å². The van der Waals surface area contributed by atoms with Crippen LogP contribution in [-0.4, -0.2) is 14.5 Å². The van der Waals surface area contributed by atoms with Crippen molar-refractivity contribution in [1.29, 1.82) is 0 Å². The highest BCUT2D eigenvalue weighted by atomic mass is 15.0. The average Bonchev–Trinajstić information content (AvgIpc) is 3.78. The van der Waals surface area contributed by atoms with Crippen LogP contribution in [-0.2, 0) is 5.41 Å². The summed E-state index contributed by atoms with van der Waals surface area (Å²) in [4.78, 5) is 10.4. The number of para-hydroxylation sites is 3. The lowest BCUT2D eigenvalue weighted by molar-refractivity contribution is 0.748. The van der Waals surface area contributed by atoms with Crippen molar-refractivity contribution in [2.75, 3.05) is 0 Å². The van der Waals surface area contributed by atoms with Crippen molar-refractivity contribution in [3.8, 4) is 61.8 Å². The van der Waals surface area contributed by atoms with Crippen LogP contribution in [0, 0.1) is 0 Å². The van der Waals surface area contributed by atoms with Crippen LogP contribution < -0.4 is 0 Å². The van der Waals surface area contributed by atoms with E-state index in [0.717, 1.165) is 33.6 Å². The van der Waals surface area contributed by atoms with Gasteiger partial charge in [0.05, 0.1) is 33.5 Å². The third-order valence-corrected chi connectivity index (χ3v) is 12.0. The van der Waals surface area contributed by atoms with E-state index >= 15 is 0 Å². The zero-order valence-corrected chi connectivity index (χ0v) is 30.4. The Kier molecular flexibility index (Phi) is 6.55. The minimum atomic E-state index is -0.502. The standard InChI is InChI=1S/C53H33N3/c1-3-16-34(17-4-1)46-33-47(35-18-5-2-6-19-35)55-52(54-46)37-21-13-20-36(32-37)38-24-14-28-44-50(38)41-23-7-9-26-42(41)53(44)43-27-10-12-31-49(43)56-48-30-11-8-22-39(48)40-25-15-29-45(53)51(40)56/h1-33H. The van der Waals surface area contributed by atoms with Crippen LogP contribution in [0.25, 0.3) is 83.6 Å². The first-order valence-corrected chi connectivity index (χ1v) is 19.3. The minimum Gasteiger partial charge on any atom is -0.309 e. The molecule has 1 aliphatic carbocycles. The van der Waals surface area contributed by atoms with E-state index < -0.39 is 5.41 Å². The molecule has 0 amide bonds. The highest BCUT2D eigenvalue weighted by Crippen LogP contribution is 2.62. The molecule has 0 saturated heterocycles. The van der Waals surface area contributed by atoms with Crippen molar-refractivity contribution in [2.24, 2.45) is 0 Å². The second-order valence-corrected chi connectivity index (χ2v) is 14.9. The molecule has 1 atom stereocenters. The third-order valence-electron chi connectivity index (χ3n) is 12.0. The number of hydrogen-bond donors (Lipinski definition) is 0. The van der Waals surface area contributed by atoms with Gasteiger partial charge in [-0.1, -0.05) is 176 Å². The lowest BCUT2D eigenvalue weighted by Crippen LogP contribution is -2.33. The monoisotopic (exact) mass is 711 g/mol. The Bertz CT molecular complexity index is 3140. The molecule has 0 saturated carbocycles. The maximum atomic E-state index is 5.18. The van der Waals surface area contributed by atoms with Crippen molar-refractivity contribution in [2.45, 2.75) is 5.41 Å². The van der Waals surface area contributed by atoms with Crippen molar-refractivity contribution in [3.63, 3.8) is 0 Å². The Morgan fingerprint density at radius 3 is 1.73 bits per heavy atom. The van der Waals surface area contributed by atoms with Crippen LogP contribution in [0.3, 0.4) is 0 Å². The van der Waals surface area contributed by atoms with Gasteiger partial charge < -0.3 is 4.57 Å². The first-order chi connectivity index (χ1) is 27.8. The fourth-order valence-corrected chi connectivity index (χ4v) is 9.77. The van der Waals surface area contributed by atoms with E-state index in [0.29, 0.717) is 5.82 Å². The summed E-state index contributed by atoms with van der Waals surface area (Å²) in [5.41, 5.74) is 18.3. The van der Waals surface area contributed by atoms with Crippen LogP contribution in [0.2, 0.25) is 0 Å². The molecule has 260 valence electrons. The van der Waals surface area contributed by atoms with Crippen LogP contribution in [0.15, 0.2) is 200 Å². The summed E-state index contributed by atoms with van der Waals surface area (Å²) in [5, 5.41) is 2.57. The van der Waals surface area contributed by atoms with Crippen LogP contribution in [0.1, 0.15) is 22.3 Å². The number of benzene rings is 8. The predicted molar refractivity (Wildman–Crippen MR) is 229 cm³/mol. The van der Waals surface area contributed by atoms with E-state index in [2.05, 4.69) is 193 Å². The first-order valence-electron chi connectivity index (χ1n) is 19.3. The van der Waals surface area contributed by atoms with Crippen LogP contribution in [0.4, 0.5) is 0 Å². The zero-order chi connectivity index (χ0) is 36.8. The SMILES string of the molecule is c1ccc(-c2cc(-c3ccccc3)nc(-c3cccc(-c4cccc5c4-c4ccccc4C54c5ccccc5-n5c6ccccc6c6cccc4c65)c3)n2)cc1. The van der Waals surface area contributed by atoms with Crippen molar-refractivity contribution in [1.82, 2.24) is 14.5 Å². The van der Waals surface area contributed by atoms with Gasteiger partial charge in [0.1, 0.15) is 0 Å². The Morgan fingerprint density at radius 1 is 0.375 bits per heavy atom. The van der Waals surface area contributed by atoms with Gasteiger partial charge in [-0.15, -0.1) is 0 Å². The molecule has 8 aromatic carbocycles. The summed E-state index contributed by atoms with van der Waals surface area (Å²) in [7, 11) is 0. The molecule has 1 aliphatic heterocycles. The molecule has 2 aliphatic rings. The maximum absolute atomic E-state index is 5.18. The van der Waals surface area contributed by atoms with E-state index in [-0.39, 0.29) is 0 Å². The Morgan fingerprint density at radius 2 is 0.929 bits per heavy atom. The predicted octanol–water partition coefficient (Wildman–Crippen LogP) is 12.9. The summed E-state index contributed by atoms with van der Waals surface area (Å²) in [6, 6.07) is 72.5. The molecule has 2 aromatic heterocycles. The topological polar surface area (TPSA) is 30.7 Å². The summed E-state index contributed by atoms with van der Waals surface area (Å²) in [6.07, 6.45) is 0. The number of aromatic nitrogens is 3. The molecular formula is C53H33N3. The number of hydrogen-bond acceptors (Lipinski definition) is 2. The summed E-state index contributed by atoms with van der Waals surface area (Å²) >= 11 is 0. The van der Waals surface area contributed by atoms with Gasteiger partial charge in [0.15, 0.2) is 5.82 Å². The van der Waals surface area contributed by atoms with Gasteiger partial charge in [0.2, 0.25) is 0 Å². The first kappa shape index (κ1) is 31.0. The van der Waals surface area contributed by atoms with Crippen LogP contribution >= 0.6 is 0 Å². The van der Waals surface area contributed by atoms with Gasteiger partial charge in [-0.3, -0.25) is 0 Å². The molecule has 0 bridgehead atoms. The van der Waals surface area contributed by atoms with Crippen molar-refractivity contribution in [3.05, 3.63) is 222 Å². The van der Waals surface area contributed by atoms with E-state index in [1.807, 2.05) is 12.1 Å². The van der Waals surface area contributed by atoms with E-state index in [9.17, 15) is 0 Å². The molecule has 12 rings (SSSR count). The van der Waals surface area contributed by atoms with E-state index in [1.54, 1.807) is 0 Å². The second-order valence-electron chi connectivity index (χ2n) is 14.9. The fourth-order valence-electron chi connectivity index (χ4n) is 9.77. The van der Waals surface area contributed by atoms with E-state index in [4.69, 9.17) is 9.97 Å².